The minimum Gasteiger partial charge on any atom is -0.550 e. The minimum atomic E-state index is -3.42. The molecule has 17 heavy (non-hydrogen) atoms. The smallest absolute Gasteiger partial charge is 0.247 e. The maximum absolute atomic E-state index is 12.1. The Morgan fingerprint density at radius 1 is 1.35 bits per heavy atom. The van der Waals surface area contributed by atoms with E-state index in [-0.39, 0.29) is 18.8 Å². The fourth-order valence-electron chi connectivity index (χ4n) is 1.77. The summed E-state index contributed by atoms with van der Waals surface area (Å²) in [7, 11) is 0. The van der Waals surface area contributed by atoms with E-state index in [1.54, 1.807) is 0 Å². The topological polar surface area (TPSA) is 63.9 Å². The maximum atomic E-state index is 12.1. The second kappa shape index (κ2) is 7.12. The van der Waals surface area contributed by atoms with Gasteiger partial charge in [-0.3, -0.25) is 0 Å². The molecule has 1 aliphatic rings. The summed E-state index contributed by atoms with van der Waals surface area (Å²) in [4.78, 5) is 8.89. The fourth-order valence-corrected chi connectivity index (χ4v) is 1.77. The van der Waals surface area contributed by atoms with Crippen LogP contribution in [-0.2, 0) is 4.79 Å². The summed E-state index contributed by atoms with van der Waals surface area (Å²) in [5, 5.41) is 13.8. The lowest BCUT2D eigenvalue weighted by Crippen LogP contribution is -2.36. The largest absolute Gasteiger partial charge is 0.550 e. The lowest BCUT2D eigenvalue weighted by molar-refractivity contribution is -1.28. The predicted octanol–water partition coefficient (Wildman–Crippen LogP) is 1.69. The molecule has 0 radical (unpaired) electrons. The van der Waals surface area contributed by atoms with Crippen molar-refractivity contribution in [2.45, 2.75) is 45.1 Å². The molecule has 0 aliphatic heterocycles. The number of nitrogens with zero attached hydrogens (tertiary/aromatic N) is 2. The van der Waals surface area contributed by atoms with Crippen LogP contribution < -0.4 is 5.11 Å². The zero-order chi connectivity index (χ0) is 13.5. The van der Waals surface area contributed by atoms with Crippen LogP contribution in [0, 0.1) is 17.2 Å². The molecule has 4 nitrogen and oxygen atoms in total. The van der Waals surface area contributed by atoms with Crippen LogP contribution in [0.2, 0.25) is 0 Å². The number of hydrogen-bond donors (Lipinski definition) is 0. The third kappa shape index (κ3) is 7.58. The second-order valence-electron chi connectivity index (χ2n) is 4.01. The molecule has 1 aliphatic carbocycles. The van der Waals surface area contributed by atoms with Crippen molar-refractivity contribution in [2.75, 3.05) is 0 Å². The van der Waals surface area contributed by atoms with Gasteiger partial charge in [-0.2, -0.15) is 5.26 Å². The first-order valence-electron chi connectivity index (χ1n) is 5.29. The summed E-state index contributed by atoms with van der Waals surface area (Å²) in [5.41, 5.74) is 0. The summed E-state index contributed by atoms with van der Waals surface area (Å²) < 4.78 is 36.4. The Labute approximate surface area is 97.6 Å². The molecule has 0 unspecified atom stereocenters. The van der Waals surface area contributed by atoms with E-state index in [0.717, 1.165) is 6.92 Å². The number of carbonyl (C=O) groups excluding carboxylic acids is 1. The lowest BCUT2D eigenvalue weighted by atomic mass is 9.85. The lowest BCUT2D eigenvalue weighted by Gasteiger charge is -2.24. The molecule has 0 amide bonds. The highest BCUT2D eigenvalue weighted by Crippen LogP contribution is 2.34. The molecular weight excluding hydrogens is 237 g/mol. The van der Waals surface area contributed by atoms with Crippen LogP contribution in [0.15, 0.2) is 0 Å². The van der Waals surface area contributed by atoms with Gasteiger partial charge in [-0.15, -0.1) is 0 Å². The third-order valence-corrected chi connectivity index (χ3v) is 2.61. The fraction of sp³-hybridized carbons (Fsp3) is 0.800. The Kier molecular flexibility index (Phi) is 6.58. The summed E-state index contributed by atoms with van der Waals surface area (Å²) in [6, 6.07) is 0.819. The van der Waals surface area contributed by atoms with E-state index >= 15 is 0 Å². The molecule has 0 atom stereocenters. The van der Waals surface area contributed by atoms with Gasteiger partial charge in [-0.1, -0.05) is 0 Å². The van der Waals surface area contributed by atoms with Crippen molar-refractivity contribution < 1.29 is 28.5 Å². The van der Waals surface area contributed by atoms with E-state index in [1.807, 2.05) is 6.07 Å². The van der Waals surface area contributed by atoms with Crippen LogP contribution in [0.5, 0.6) is 0 Å². The molecule has 0 spiro atoms. The van der Waals surface area contributed by atoms with Crippen molar-refractivity contribution >= 4 is 5.97 Å². The van der Waals surface area contributed by atoms with E-state index in [0.29, 0.717) is 19.3 Å². The number of carboxylic acid groups (broad SMARTS) is 1. The summed E-state index contributed by atoms with van der Waals surface area (Å²) in [6.07, 6.45) is 1.83. The second-order valence-corrected chi connectivity index (χ2v) is 4.01. The Morgan fingerprint density at radius 2 is 1.76 bits per heavy atom. The molecule has 1 rings (SSSR count). The van der Waals surface area contributed by atoms with Crippen LogP contribution in [0.3, 0.4) is 0 Å². The molecule has 0 N–H and O–H groups in total. The van der Waals surface area contributed by atoms with Crippen molar-refractivity contribution in [3.63, 3.8) is 0 Å². The zero-order valence-electron chi connectivity index (χ0n) is 9.54. The summed E-state index contributed by atoms with van der Waals surface area (Å²) in [6.45, 7) is 0.972. The van der Waals surface area contributed by atoms with Crippen LogP contribution in [0.4, 0.5) is 13.4 Å². The van der Waals surface area contributed by atoms with Crippen molar-refractivity contribution in [3.05, 3.63) is 0 Å². The Hall–Kier alpha value is -1.29. The van der Waals surface area contributed by atoms with Gasteiger partial charge >= 0.3 is 0 Å². The number of aliphatic carboxylic acids is 1. The normalized spacial score (nSPS) is 24.2. The third-order valence-electron chi connectivity index (χ3n) is 2.61. The minimum absolute atomic E-state index is 0.176. The number of nitriles is 1. The van der Waals surface area contributed by atoms with Crippen molar-refractivity contribution in [2.24, 2.45) is 5.92 Å². The van der Waals surface area contributed by atoms with Crippen LogP contribution >= 0.6 is 0 Å². The van der Waals surface area contributed by atoms with Gasteiger partial charge in [0, 0.05) is 25.2 Å². The number of quaternary nitrogens is 1. The molecule has 1 saturated carbocycles. The van der Waals surface area contributed by atoms with Gasteiger partial charge in [0.25, 0.3) is 0 Å². The molecule has 0 aromatic carbocycles. The van der Waals surface area contributed by atoms with Crippen molar-refractivity contribution in [1.82, 2.24) is 0 Å². The first-order valence-corrected chi connectivity index (χ1v) is 5.29. The molecule has 0 saturated heterocycles. The van der Waals surface area contributed by atoms with E-state index < -0.39 is 17.2 Å². The Morgan fingerprint density at radius 3 is 2.06 bits per heavy atom. The standard InChI is InChI=1S/C8H12F3N2.C2H4O2/c9-13(10,11)8-3-1-7(2-4-8)5-6-12;1-2(3)4/h7-8H,1-5H2;1H3,(H,3,4)/q+1;/p-1. The Balaban J connectivity index is 0.000000557. The van der Waals surface area contributed by atoms with Gasteiger partial charge in [0.15, 0.2) is 0 Å². The van der Waals surface area contributed by atoms with Gasteiger partial charge < -0.3 is 9.90 Å². The molecule has 0 aromatic heterocycles. The Bertz CT molecular complexity index is 274. The van der Waals surface area contributed by atoms with Gasteiger partial charge in [-0.05, 0) is 25.7 Å². The van der Waals surface area contributed by atoms with E-state index in [2.05, 4.69) is 0 Å². The monoisotopic (exact) mass is 252 g/mol. The molecule has 0 aromatic rings. The molecule has 7 heteroatoms. The van der Waals surface area contributed by atoms with E-state index in [4.69, 9.17) is 15.2 Å². The van der Waals surface area contributed by atoms with Gasteiger partial charge in [0.2, 0.25) is 11.2 Å². The maximum Gasteiger partial charge on any atom is 0.247 e. The number of carboxylic acids is 1. The van der Waals surface area contributed by atoms with Crippen LogP contribution in [0.1, 0.15) is 39.0 Å². The highest BCUT2D eigenvalue weighted by Gasteiger charge is 2.45. The number of hydrogen-bond acceptors (Lipinski definition) is 3. The molecular formula is C10H15F3N2O2. The van der Waals surface area contributed by atoms with Gasteiger partial charge in [0.1, 0.15) is 0 Å². The molecule has 0 bridgehead atoms. The molecule has 98 valence electrons. The number of rotatable bonds is 2. The quantitative estimate of drug-likeness (QED) is 0.702. The summed E-state index contributed by atoms with van der Waals surface area (Å²) in [5.74, 6) is -0.896. The average Bonchev–Trinajstić information content (AvgIpc) is 2.16. The SMILES string of the molecule is CC(=O)[O-].N#CCC1CCC([N+](F)(F)F)CC1. The first kappa shape index (κ1) is 15.7. The molecule has 1 fully saturated rings. The van der Waals surface area contributed by atoms with E-state index in [9.17, 15) is 13.4 Å². The average molecular weight is 252 g/mol. The predicted molar refractivity (Wildman–Crippen MR) is 50.2 cm³/mol. The van der Waals surface area contributed by atoms with E-state index in [1.165, 1.54) is 0 Å². The van der Waals surface area contributed by atoms with Crippen molar-refractivity contribution in [3.8, 4) is 6.07 Å². The van der Waals surface area contributed by atoms with Crippen molar-refractivity contribution in [1.29, 1.82) is 5.26 Å². The summed E-state index contributed by atoms with van der Waals surface area (Å²) >= 11 is 0. The van der Waals surface area contributed by atoms with Crippen LogP contribution in [0.25, 0.3) is 0 Å². The van der Waals surface area contributed by atoms with Crippen LogP contribution in [-0.4, -0.2) is 17.2 Å². The number of carbonyl (C=O) groups is 1. The highest BCUT2D eigenvalue weighted by atomic mass is 19.6. The zero-order valence-corrected chi connectivity index (χ0v) is 9.54. The van der Waals surface area contributed by atoms with Gasteiger partial charge in [0.05, 0.1) is 19.5 Å². The first-order chi connectivity index (χ1) is 7.77. The molecule has 0 heterocycles. The highest BCUT2D eigenvalue weighted by molar-refractivity contribution is 5.60. The van der Waals surface area contributed by atoms with Gasteiger partial charge in [-0.25, -0.2) is 0 Å². The number of halogens is 3.